The number of nitrogens with zero attached hydrogens (tertiary/aromatic N) is 2. The number of rotatable bonds is 5. The van der Waals surface area contributed by atoms with E-state index in [0.29, 0.717) is 0 Å². The molecule has 1 aromatic rings. The van der Waals surface area contributed by atoms with Gasteiger partial charge < -0.3 is 5.32 Å². The third-order valence-electron chi connectivity index (χ3n) is 2.31. The van der Waals surface area contributed by atoms with Crippen LogP contribution in [-0.2, 0) is 6.54 Å². The summed E-state index contributed by atoms with van der Waals surface area (Å²) in [6.45, 7) is 10.6. The molecule has 4 heteroatoms. The van der Waals surface area contributed by atoms with E-state index in [1.165, 1.54) is 12.1 Å². The van der Waals surface area contributed by atoms with Gasteiger partial charge in [0.05, 0.1) is 11.4 Å². The van der Waals surface area contributed by atoms with E-state index in [-0.39, 0.29) is 12.4 Å². The maximum atomic E-state index is 4.38. The van der Waals surface area contributed by atoms with Crippen LogP contribution in [0.5, 0.6) is 0 Å². The first-order chi connectivity index (χ1) is 6.63. The van der Waals surface area contributed by atoms with E-state index < -0.39 is 0 Å². The van der Waals surface area contributed by atoms with Gasteiger partial charge in [-0.15, -0.1) is 12.4 Å². The van der Waals surface area contributed by atoms with Crippen LogP contribution in [0, 0.1) is 12.8 Å². The summed E-state index contributed by atoms with van der Waals surface area (Å²) in [5.41, 5.74) is 2.27. The average Bonchev–Trinajstić information content (AvgIpc) is 2.47. The molecule has 1 aromatic heterocycles. The number of halogens is 1. The molecule has 0 radical (unpaired) electrons. The van der Waals surface area contributed by atoms with Crippen LogP contribution < -0.4 is 5.32 Å². The van der Waals surface area contributed by atoms with E-state index in [4.69, 9.17) is 0 Å². The molecule has 0 saturated carbocycles. The van der Waals surface area contributed by atoms with Crippen molar-refractivity contribution in [3.05, 3.63) is 11.9 Å². The number of aryl methyl sites for hydroxylation is 2. The van der Waals surface area contributed by atoms with Crippen molar-refractivity contribution >= 4 is 18.1 Å². The lowest BCUT2D eigenvalue weighted by Gasteiger charge is -2.06. The molecule has 1 N–H and O–H groups in total. The molecule has 0 aliphatic carbocycles. The van der Waals surface area contributed by atoms with Crippen LogP contribution in [-0.4, -0.2) is 16.3 Å². The maximum Gasteiger partial charge on any atom is 0.0825 e. The summed E-state index contributed by atoms with van der Waals surface area (Å²) in [5, 5.41) is 7.80. The Hall–Kier alpha value is -0.700. The minimum Gasteiger partial charge on any atom is -0.382 e. The fraction of sp³-hybridized carbons (Fsp3) is 0.727. The molecule has 0 unspecified atom stereocenters. The van der Waals surface area contributed by atoms with Crippen molar-refractivity contribution in [3.8, 4) is 0 Å². The number of nitrogens with one attached hydrogen (secondary N) is 1. The molecule has 0 saturated heterocycles. The summed E-state index contributed by atoms with van der Waals surface area (Å²) in [5.74, 6) is 0.754. The highest BCUT2D eigenvalue weighted by atomic mass is 35.5. The fourth-order valence-corrected chi connectivity index (χ4v) is 1.35. The van der Waals surface area contributed by atoms with Gasteiger partial charge in [0.1, 0.15) is 0 Å². The van der Waals surface area contributed by atoms with Crippen molar-refractivity contribution in [2.24, 2.45) is 5.92 Å². The second-order valence-corrected chi connectivity index (χ2v) is 4.09. The standard InChI is InChI=1S/C11H21N3.ClH/c1-5-14-8-11(10(4)13-14)12-7-6-9(2)3;/h8-9,12H,5-7H2,1-4H3;1H. The van der Waals surface area contributed by atoms with Crippen molar-refractivity contribution < 1.29 is 0 Å². The van der Waals surface area contributed by atoms with E-state index in [9.17, 15) is 0 Å². The van der Waals surface area contributed by atoms with Crippen LogP contribution in [0.1, 0.15) is 32.9 Å². The van der Waals surface area contributed by atoms with Gasteiger partial charge in [0.2, 0.25) is 0 Å². The molecule has 3 nitrogen and oxygen atoms in total. The molecule has 0 fully saturated rings. The zero-order valence-corrected chi connectivity index (χ0v) is 10.9. The Morgan fingerprint density at radius 3 is 2.60 bits per heavy atom. The Bertz CT molecular complexity index is 281. The van der Waals surface area contributed by atoms with Crippen LogP contribution in [0.2, 0.25) is 0 Å². The zero-order valence-electron chi connectivity index (χ0n) is 10.1. The van der Waals surface area contributed by atoms with Crippen molar-refractivity contribution in [2.75, 3.05) is 11.9 Å². The predicted octanol–water partition coefficient (Wildman–Crippen LogP) is 3.09. The molecule has 0 aliphatic rings. The molecule has 1 rings (SSSR count). The normalized spacial score (nSPS) is 10.2. The summed E-state index contributed by atoms with van der Waals surface area (Å²) in [6, 6.07) is 0. The molecule has 0 bridgehead atoms. The van der Waals surface area contributed by atoms with Crippen molar-refractivity contribution in [1.29, 1.82) is 0 Å². The Balaban J connectivity index is 0.00000196. The van der Waals surface area contributed by atoms with E-state index in [1.54, 1.807) is 0 Å². The first-order valence-corrected chi connectivity index (χ1v) is 5.41. The van der Waals surface area contributed by atoms with Gasteiger partial charge in [0.15, 0.2) is 0 Å². The van der Waals surface area contributed by atoms with Crippen LogP contribution in [0.4, 0.5) is 5.69 Å². The number of hydrogen-bond donors (Lipinski definition) is 1. The summed E-state index contributed by atoms with van der Waals surface area (Å²) in [7, 11) is 0. The monoisotopic (exact) mass is 231 g/mol. The van der Waals surface area contributed by atoms with Crippen LogP contribution in [0.25, 0.3) is 0 Å². The molecule has 0 aromatic carbocycles. The zero-order chi connectivity index (χ0) is 10.6. The third kappa shape index (κ3) is 4.56. The molecular formula is C11H22ClN3. The highest BCUT2D eigenvalue weighted by molar-refractivity contribution is 5.85. The molecule has 0 spiro atoms. The highest BCUT2D eigenvalue weighted by Gasteiger charge is 2.02. The minimum absolute atomic E-state index is 0. The smallest absolute Gasteiger partial charge is 0.0825 e. The largest absolute Gasteiger partial charge is 0.382 e. The van der Waals surface area contributed by atoms with E-state index >= 15 is 0 Å². The third-order valence-corrected chi connectivity index (χ3v) is 2.31. The number of aromatic nitrogens is 2. The lowest BCUT2D eigenvalue weighted by molar-refractivity contribution is 0.607. The molecule has 0 amide bonds. The van der Waals surface area contributed by atoms with Crippen LogP contribution in [0.3, 0.4) is 0 Å². The quantitative estimate of drug-likeness (QED) is 0.844. The highest BCUT2D eigenvalue weighted by Crippen LogP contribution is 2.12. The topological polar surface area (TPSA) is 29.9 Å². The molecular weight excluding hydrogens is 210 g/mol. The van der Waals surface area contributed by atoms with Crippen molar-refractivity contribution in [1.82, 2.24) is 9.78 Å². The van der Waals surface area contributed by atoms with Gasteiger partial charge in [-0.25, -0.2) is 0 Å². The first-order valence-electron chi connectivity index (χ1n) is 5.41. The van der Waals surface area contributed by atoms with Gasteiger partial charge in [-0.3, -0.25) is 4.68 Å². The summed E-state index contributed by atoms with van der Waals surface area (Å²) < 4.78 is 1.97. The summed E-state index contributed by atoms with van der Waals surface area (Å²) >= 11 is 0. The van der Waals surface area contributed by atoms with Gasteiger partial charge in [0.25, 0.3) is 0 Å². The second kappa shape index (κ2) is 6.72. The molecule has 88 valence electrons. The van der Waals surface area contributed by atoms with Gasteiger partial charge in [-0.1, -0.05) is 13.8 Å². The van der Waals surface area contributed by atoms with Crippen LogP contribution in [0.15, 0.2) is 6.20 Å². The van der Waals surface area contributed by atoms with E-state index in [2.05, 4.69) is 37.4 Å². The second-order valence-electron chi connectivity index (χ2n) is 4.09. The van der Waals surface area contributed by atoms with Gasteiger partial charge in [-0.05, 0) is 26.2 Å². The minimum atomic E-state index is 0. The van der Waals surface area contributed by atoms with E-state index in [0.717, 1.165) is 24.7 Å². The Morgan fingerprint density at radius 1 is 1.47 bits per heavy atom. The van der Waals surface area contributed by atoms with Crippen molar-refractivity contribution in [2.45, 2.75) is 40.7 Å². The maximum absolute atomic E-state index is 4.38. The first kappa shape index (κ1) is 14.3. The molecule has 0 aliphatic heterocycles. The molecule has 0 atom stereocenters. The Morgan fingerprint density at radius 2 is 2.13 bits per heavy atom. The van der Waals surface area contributed by atoms with E-state index in [1.807, 2.05) is 11.6 Å². The molecule has 15 heavy (non-hydrogen) atoms. The van der Waals surface area contributed by atoms with Gasteiger partial charge in [0, 0.05) is 19.3 Å². The van der Waals surface area contributed by atoms with Gasteiger partial charge in [-0.2, -0.15) is 5.10 Å². The van der Waals surface area contributed by atoms with Gasteiger partial charge >= 0.3 is 0 Å². The fourth-order valence-electron chi connectivity index (χ4n) is 1.35. The van der Waals surface area contributed by atoms with Crippen molar-refractivity contribution in [3.63, 3.8) is 0 Å². The predicted molar refractivity (Wildman–Crippen MR) is 67.8 cm³/mol. The molecule has 1 heterocycles. The van der Waals surface area contributed by atoms with Crippen LogP contribution >= 0.6 is 12.4 Å². The Kier molecular flexibility index (Phi) is 6.41. The lowest BCUT2D eigenvalue weighted by atomic mass is 10.1. The Labute approximate surface area is 98.7 Å². The lowest BCUT2D eigenvalue weighted by Crippen LogP contribution is -2.04. The number of anilines is 1. The average molecular weight is 232 g/mol. The summed E-state index contributed by atoms with van der Waals surface area (Å²) in [4.78, 5) is 0. The summed E-state index contributed by atoms with van der Waals surface area (Å²) in [6.07, 6.45) is 3.28. The number of hydrogen-bond acceptors (Lipinski definition) is 2. The SMILES string of the molecule is CCn1cc(NCCC(C)C)c(C)n1.Cl.